The normalized spacial score (nSPS) is 27.5. The third-order valence-corrected chi connectivity index (χ3v) is 4.62. The third-order valence-electron chi connectivity index (χ3n) is 4.33. The molecule has 5 heteroatoms. The average molecular weight is 272 g/mol. The summed E-state index contributed by atoms with van der Waals surface area (Å²) in [4.78, 5) is 4.26. The topological polar surface area (TPSA) is 43.9 Å². The van der Waals surface area contributed by atoms with Crippen molar-refractivity contribution in [2.45, 2.75) is 18.4 Å². The molecule has 0 saturated heterocycles. The van der Waals surface area contributed by atoms with E-state index < -0.39 is 0 Å². The Morgan fingerprint density at radius 3 is 3.00 bits per heavy atom. The number of aromatic nitrogens is 3. The van der Waals surface area contributed by atoms with Crippen LogP contribution in [-0.4, -0.2) is 14.8 Å². The second kappa shape index (κ2) is 3.02. The van der Waals surface area contributed by atoms with Gasteiger partial charge >= 0.3 is 0 Å². The fourth-order valence-corrected chi connectivity index (χ4v) is 2.98. The van der Waals surface area contributed by atoms with Crippen molar-refractivity contribution in [3.63, 3.8) is 0 Å². The molecule has 3 aromatic rings. The van der Waals surface area contributed by atoms with Crippen molar-refractivity contribution < 1.29 is 4.42 Å². The highest BCUT2D eigenvalue weighted by Gasteiger charge is 2.72. The Labute approximate surface area is 114 Å². The van der Waals surface area contributed by atoms with Crippen molar-refractivity contribution in [3.8, 4) is 11.3 Å². The number of fused-ring (bicyclic) bond motifs is 2. The van der Waals surface area contributed by atoms with Crippen molar-refractivity contribution in [2.24, 2.45) is 5.92 Å². The maximum atomic E-state index is 6.10. The fraction of sp³-hybridized carbons (Fsp3) is 0.286. The van der Waals surface area contributed by atoms with Crippen LogP contribution in [0.3, 0.4) is 0 Å². The number of hydrogen-bond donors (Lipinski definition) is 0. The minimum absolute atomic E-state index is 0.361. The van der Waals surface area contributed by atoms with Gasteiger partial charge in [-0.25, -0.2) is 0 Å². The van der Waals surface area contributed by atoms with Gasteiger partial charge in [-0.15, -0.1) is 0 Å². The van der Waals surface area contributed by atoms with Gasteiger partial charge < -0.3 is 4.42 Å². The van der Waals surface area contributed by atoms with Gasteiger partial charge in [0.05, 0.1) is 22.3 Å². The van der Waals surface area contributed by atoms with Gasteiger partial charge in [0, 0.05) is 18.5 Å². The van der Waals surface area contributed by atoms with Crippen LogP contribution in [0.25, 0.3) is 22.4 Å². The van der Waals surface area contributed by atoms with E-state index in [0.717, 1.165) is 22.8 Å². The van der Waals surface area contributed by atoms with Gasteiger partial charge in [0.1, 0.15) is 11.3 Å². The molecule has 0 aliphatic heterocycles. The van der Waals surface area contributed by atoms with Crippen molar-refractivity contribution in [3.05, 3.63) is 35.7 Å². The molecule has 2 saturated carbocycles. The lowest BCUT2D eigenvalue weighted by molar-refractivity contribution is 0.530. The van der Waals surface area contributed by atoms with Crippen LogP contribution in [0.2, 0.25) is 5.02 Å². The van der Waals surface area contributed by atoms with Crippen molar-refractivity contribution >= 4 is 22.7 Å². The molecule has 4 nitrogen and oxygen atoms in total. The molecule has 5 rings (SSSR count). The van der Waals surface area contributed by atoms with E-state index in [1.54, 1.807) is 12.3 Å². The maximum Gasteiger partial charge on any atom is 0.171 e. The minimum Gasteiger partial charge on any atom is -0.453 e. The highest BCUT2D eigenvalue weighted by molar-refractivity contribution is 6.34. The Balaban J connectivity index is 1.63. The van der Waals surface area contributed by atoms with E-state index in [1.807, 2.05) is 12.3 Å². The second-order valence-electron chi connectivity index (χ2n) is 5.50. The predicted molar refractivity (Wildman–Crippen MR) is 70.9 cm³/mol. The van der Waals surface area contributed by atoms with Crippen LogP contribution in [-0.2, 0) is 5.54 Å². The summed E-state index contributed by atoms with van der Waals surface area (Å²) in [6, 6.07) is 3.65. The fourth-order valence-electron chi connectivity index (χ4n) is 2.79. The molecule has 0 radical (unpaired) electrons. The molecular weight excluding hydrogens is 262 g/mol. The first-order valence-electron chi connectivity index (χ1n) is 6.36. The Morgan fingerprint density at radius 2 is 2.26 bits per heavy atom. The molecule has 0 spiro atoms. The Kier molecular flexibility index (Phi) is 1.59. The van der Waals surface area contributed by atoms with E-state index in [0.29, 0.717) is 16.1 Å². The second-order valence-corrected chi connectivity index (χ2v) is 5.91. The van der Waals surface area contributed by atoms with Gasteiger partial charge in [-0.3, -0.25) is 9.67 Å². The molecule has 0 N–H and O–H groups in total. The molecule has 0 aromatic carbocycles. The number of rotatable bonds is 2. The third kappa shape index (κ3) is 1.24. The average Bonchev–Trinajstić information content (AvgIpc) is 3.09. The van der Waals surface area contributed by atoms with Crippen molar-refractivity contribution in [1.82, 2.24) is 14.8 Å². The summed E-state index contributed by atoms with van der Waals surface area (Å²) in [5.41, 5.74) is 2.77. The number of hydrogen-bond acceptors (Lipinski definition) is 3. The van der Waals surface area contributed by atoms with E-state index in [1.165, 1.54) is 12.8 Å². The zero-order valence-corrected chi connectivity index (χ0v) is 10.8. The summed E-state index contributed by atoms with van der Waals surface area (Å²) in [5, 5.41) is 5.05. The molecule has 2 fully saturated rings. The van der Waals surface area contributed by atoms with Gasteiger partial charge in [0.25, 0.3) is 0 Å². The number of nitrogens with zero attached hydrogens (tertiary/aromatic N) is 3. The monoisotopic (exact) mass is 271 g/mol. The van der Waals surface area contributed by atoms with Crippen LogP contribution in [0.1, 0.15) is 12.8 Å². The van der Waals surface area contributed by atoms with Crippen molar-refractivity contribution in [1.29, 1.82) is 0 Å². The van der Waals surface area contributed by atoms with E-state index in [4.69, 9.17) is 16.0 Å². The van der Waals surface area contributed by atoms with Gasteiger partial charge in [0.2, 0.25) is 0 Å². The summed E-state index contributed by atoms with van der Waals surface area (Å²) in [6.07, 6.45) is 8.17. The molecule has 19 heavy (non-hydrogen) atoms. The zero-order chi connectivity index (χ0) is 12.6. The van der Waals surface area contributed by atoms with Gasteiger partial charge in [0.15, 0.2) is 5.58 Å². The summed E-state index contributed by atoms with van der Waals surface area (Å²) in [6.45, 7) is 0. The lowest BCUT2D eigenvalue weighted by atomic mass is 10.2. The van der Waals surface area contributed by atoms with E-state index in [9.17, 15) is 0 Å². The van der Waals surface area contributed by atoms with E-state index in [-0.39, 0.29) is 0 Å². The molecule has 0 bridgehead atoms. The van der Waals surface area contributed by atoms with Crippen molar-refractivity contribution in [2.75, 3.05) is 0 Å². The van der Waals surface area contributed by atoms with Gasteiger partial charge in [-0.2, -0.15) is 5.10 Å². The summed E-state index contributed by atoms with van der Waals surface area (Å²) in [7, 11) is 0. The Morgan fingerprint density at radius 1 is 1.42 bits per heavy atom. The molecule has 3 aromatic heterocycles. The van der Waals surface area contributed by atoms with Crippen LogP contribution in [0.5, 0.6) is 0 Å². The summed E-state index contributed by atoms with van der Waals surface area (Å²) in [5.74, 6) is 1.64. The molecule has 2 aliphatic rings. The van der Waals surface area contributed by atoms with E-state index in [2.05, 4.69) is 21.0 Å². The van der Waals surface area contributed by atoms with E-state index >= 15 is 0 Å². The Hall–Kier alpha value is -1.81. The lowest BCUT2D eigenvalue weighted by Crippen LogP contribution is -2.06. The highest BCUT2D eigenvalue weighted by Crippen LogP contribution is 2.72. The van der Waals surface area contributed by atoms with Crippen LogP contribution >= 0.6 is 11.6 Å². The summed E-state index contributed by atoms with van der Waals surface area (Å²) >= 11 is 6.10. The minimum atomic E-state index is 0.361. The van der Waals surface area contributed by atoms with Crippen LogP contribution < -0.4 is 0 Å². The van der Waals surface area contributed by atoms with Gasteiger partial charge in [-0.1, -0.05) is 11.6 Å². The maximum absolute atomic E-state index is 6.10. The standard InChI is InChI=1S/C14H10ClN3O/c15-10-1-2-16-11-3-12(19-13(10)11)8-6-17-18(7-8)14-4-9(14)5-14/h1-3,6-7,9H,4-5H2. The molecule has 2 aliphatic carbocycles. The SMILES string of the molecule is Clc1ccnc2cc(-c3cnn(C45CC4C5)c3)oc12. The molecule has 0 amide bonds. The molecule has 3 heterocycles. The van der Waals surface area contributed by atoms with Crippen LogP contribution in [0.4, 0.5) is 0 Å². The first kappa shape index (κ1) is 10.0. The number of halogens is 1. The van der Waals surface area contributed by atoms with Crippen LogP contribution in [0.15, 0.2) is 35.1 Å². The highest BCUT2D eigenvalue weighted by atomic mass is 35.5. The molecular formula is C14H10ClN3O. The van der Waals surface area contributed by atoms with Crippen LogP contribution in [0, 0.1) is 5.92 Å². The molecule has 0 atom stereocenters. The Bertz CT molecular complexity index is 813. The smallest absolute Gasteiger partial charge is 0.171 e. The first-order valence-corrected chi connectivity index (χ1v) is 6.74. The van der Waals surface area contributed by atoms with Gasteiger partial charge in [-0.05, 0) is 24.8 Å². The largest absolute Gasteiger partial charge is 0.453 e. The summed E-state index contributed by atoms with van der Waals surface area (Å²) < 4.78 is 7.89. The molecule has 94 valence electrons. The quantitative estimate of drug-likeness (QED) is 0.717. The number of pyridine rings is 1. The predicted octanol–water partition coefficient (Wildman–Crippen LogP) is 3.46. The zero-order valence-electron chi connectivity index (χ0n) is 10.0. The first-order chi connectivity index (χ1) is 9.26. The lowest BCUT2D eigenvalue weighted by Gasteiger charge is -2.01. The molecule has 0 unspecified atom stereocenters. The number of furan rings is 1.